The van der Waals surface area contributed by atoms with Crippen LogP contribution in [0.5, 0.6) is 0 Å². The van der Waals surface area contributed by atoms with Crippen LogP contribution in [0.4, 0.5) is 11.4 Å². The molecule has 1 N–H and O–H groups in total. The molecule has 1 amide bonds. The van der Waals surface area contributed by atoms with E-state index in [1.807, 2.05) is 11.0 Å². The summed E-state index contributed by atoms with van der Waals surface area (Å²) in [5.74, 6) is 0.0895. The Morgan fingerprint density at radius 1 is 0.909 bits per heavy atom. The fraction of sp³-hybridized carbons (Fsp3) is 0.480. The summed E-state index contributed by atoms with van der Waals surface area (Å²) in [6.07, 6.45) is 1.44. The van der Waals surface area contributed by atoms with Gasteiger partial charge in [-0.15, -0.1) is 0 Å². The van der Waals surface area contributed by atoms with Crippen LogP contribution >= 0.6 is 0 Å². The summed E-state index contributed by atoms with van der Waals surface area (Å²) < 4.78 is 0. The van der Waals surface area contributed by atoms with Gasteiger partial charge in [-0.05, 0) is 24.5 Å². The van der Waals surface area contributed by atoms with Gasteiger partial charge in [0.15, 0.2) is 0 Å². The molecule has 176 valence electrons. The molecule has 2 saturated heterocycles. The van der Waals surface area contributed by atoms with E-state index in [2.05, 4.69) is 45.4 Å². The van der Waals surface area contributed by atoms with E-state index < -0.39 is 0 Å². The largest absolute Gasteiger partial charge is 0.366 e. The summed E-state index contributed by atoms with van der Waals surface area (Å²) in [6.45, 7) is 8.00. The molecule has 33 heavy (non-hydrogen) atoms. The minimum Gasteiger partial charge on any atom is -0.366 e. The Morgan fingerprint density at radius 3 is 2.24 bits per heavy atom. The minimum atomic E-state index is -0.338. The van der Waals surface area contributed by atoms with Crippen molar-refractivity contribution in [2.24, 2.45) is 5.92 Å². The summed E-state index contributed by atoms with van der Waals surface area (Å²) in [4.78, 5) is 30.5. The highest BCUT2D eigenvalue weighted by atomic mass is 16.6. The van der Waals surface area contributed by atoms with Crippen molar-refractivity contribution in [1.82, 2.24) is 15.1 Å². The monoisotopic (exact) mass is 451 g/mol. The second-order valence-electron chi connectivity index (χ2n) is 8.90. The third-order valence-electron chi connectivity index (χ3n) is 6.73. The highest BCUT2D eigenvalue weighted by Gasteiger charge is 2.28. The maximum Gasteiger partial charge on any atom is 0.292 e. The van der Waals surface area contributed by atoms with Crippen molar-refractivity contribution >= 4 is 17.3 Å². The fourth-order valence-corrected chi connectivity index (χ4v) is 4.76. The van der Waals surface area contributed by atoms with Crippen LogP contribution in [0.2, 0.25) is 0 Å². The molecule has 8 nitrogen and oxygen atoms in total. The number of anilines is 1. The number of nitrogens with one attached hydrogen (secondary N) is 1. The van der Waals surface area contributed by atoms with Crippen LogP contribution in [0.1, 0.15) is 18.4 Å². The molecule has 0 aromatic heterocycles. The van der Waals surface area contributed by atoms with Crippen molar-refractivity contribution in [2.45, 2.75) is 19.4 Å². The van der Waals surface area contributed by atoms with Crippen molar-refractivity contribution in [3.63, 3.8) is 0 Å². The number of nitrogens with zero attached hydrogens (tertiary/aromatic N) is 4. The molecule has 0 spiro atoms. The number of hydrogen-bond acceptors (Lipinski definition) is 6. The average molecular weight is 452 g/mol. The smallest absolute Gasteiger partial charge is 0.292 e. The Hall–Kier alpha value is -2.97. The number of amides is 1. The molecule has 2 aliphatic rings. The first-order valence-corrected chi connectivity index (χ1v) is 11.8. The van der Waals surface area contributed by atoms with E-state index in [1.165, 1.54) is 11.6 Å². The third kappa shape index (κ3) is 6.30. The Balaban J connectivity index is 1.14. The number of benzene rings is 2. The second-order valence-corrected chi connectivity index (χ2v) is 8.90. The second kappa shape index (κ2) is 11.2. The fourth-order valence-electron chi connectivity index (χ4n) is 4.76. The van der Waals surface area contributed by atoms with Gasteiger partial charge in [0, 0.05) is 70.9 Å². The summed E-state index contributed by atoms with van der Waals surface area (Å²) in [6, 6.07) is 17.4. The van der Waals surface area contributed by atoms with E-state index in [9.17, 15) is 14.9 Å². The van der Waals surface area contributed by atoms with Gasteiger partial charge in [0.2, 0.25) is 5.91 Å². The van der Waals surface area contributed by atoms with Gasteiger partial charge in [-0.1, -0.05) is 42.5 Å². The topological polar surface area (TPSA) is 82.0 Å². The van der Waals surface area contributed by atoms with Gasteiger partial charge in [0.05, 0.1) is 4.92 Å². The number of hydrogen-bond donors (Lipinski definition) is 1. The van der Waals surface area contributed by atoms with Gasteiger partial charge in [0.1, 0.15) is 5.69 Å². The van der Waals surface area contributed by atoms with Gasteiger partial charge < -0.3 is 10.2 Å². The number of nitro benzene ring substituents is 1. The average Bonchev–Trinajstić information content (AvgIpc) is 2.86. The van der Waals surface area contributed by atoms with E-state index in [4.69, 9.17) is 0 Å². The Labute approximate surface area is 195 Å². The lowest BCUT2D eigenvalue weighted by atomic mass is 9.95. The third-order valence-corrected chi connectivity index (χ3v) is 6.73. The highest BCUT2D eigenvalue weighted by Crippen LogP contribution is 2.31. The molecule has 0 bridgehead atoms. The van der Waals surface area contributed by atoms with E-state index in [-0.39, 0.29) is 22.4 Å². The number of carbonyl (C=O) groups excluding carboxylic acids is 1. The number of nitro groups is 1. The zero-order valence-corrected chi connectivity index (χ0v) is 19.1. The van der Waals surface area contributed by atoms with Crippen LogP contribution in [-0.4, -0.2) is 73.0 Å². The lowest BCUT2D eigenvalue weighted by molar-refractivity contribution is -0.384. The summed E-state index contributed by atoms with van der Waals surface area (Å²) >= 11 is 0. The number of carbonyl (C=O) groups is 1. The lowest BCUT2D eigenvalue weighted by Crippen LogP contribution is -2.48. The molecule has 4 rings (SSSR count). The highest BCUT2D eigenvalue weighted by molar-refractivity contribution is 5.79. The van der Waals surface area contributed by atoms with Crippen LogP contribution in [-0.2, 0) is 11.3 Å². The molecular weight excluding hydrogens is 418 g/mol. The summed E-state index contributed by atoms with van der Waals surface area (Å²) in [7, 11) is 0. The molecular formula is C25H33N5O3. The van der Waals surface area contributed by atoms with Gasteiger partial charge in [-0.25, -0.2) is 0 Å². The van der Waals surface area contributed by atoms with Crippen LogP contribution in [0, 0.1) is 16.0 Å². The maximum atomic E-state index is 12.6. The maximum absolute atomic E-state index is 12.6. The molecule has 0 radical (unpaired) electrons. The van der Waals surface area contributed by atoms with Crippen molar-refractivity contribution < 1.29 is 9.72 Å². The Morgan fingerprint density at radius 2 is 1.55 bits per heavy atom. The SMILES string of the molecule is O=C(NCCN1CCN(Cc2ccccc2)CC1)C1CCN(c2ccccc2[N+](=O)[O-])CC1. The van der Waals surface area contributed by atoms with E-state index in [0.29, 0.717) is 25.3 Å². The van der Waals surface area contributed by atoms with Crippen molar-refractivity contribution in [2.75, 3.05) is 57.3 Å². The van der Waals surface area contributed by atoms with Gasteiger partial charge in [-0.3, -0.25) is 24.7 Å². The quantitative estimate of drug-likeness (QED) is 0.491. The molecule has 2 aliphatic heterocycles. The standard InChI is InChI=1S/C25H33N5O3/c31-25(22-10-13-29(14-11-22)23-8-4-5-9-24(23)30(32)33)26-12-15-27-16-18-28(19-17-27)20-21-6-2-1-3-7-21/h1-9,22H,10-20H2,(H,26,31). The number of para-hydroxylation sites is 2. The zero-order valence-electron chi connectivity index (χ0n) is 19.1. The number of piperidine rings is 1. The molecule has 2 aromatic rings. The molecule has 0 unspecified atom stereocenters. The number of rotatable bonds is 8. The molecule has 2 fully saturated rings. The van der Waals surface area contributed by atoms with Crippen molar-refractivity contribution in [1.29, 1.82) is 0 Å². The first-order chi connectivity index (χ1) is 16.1. The Kier molecular flexibility index (Phi) is 7.91. The zero-order chi connectivity index (χ0) is 23.0. The van der Waals surface area contributed by atoms with Crippen LogP contribution in [0.3, 0.4) is 0 Å². The molecule has 0 saturated carbocycles. The molecule has 8 heteroatoms. The van der Waals surface area contributed by atoms with Gasteiger partial charge in [0.25, 0.3) is 5.69 Å². The van der Waals surface area contributed by atoms with Crippen molar-refractivity contribution in [3.05, 3.63) is 70.3 Å². The van der Waals surface area contributed by atoms with E-state index in [1.54, 1.807) is 12.1 Å². The van der Waals surface area contributed by atoms with E-state index >= 15 is 0 Å². The molecule has 0 aliphatic carbocycles. The molecule has 0 atom stereocenters. The van der Waals surface area contributed by atoms with Gasteiger partial charge >= 0.3 is 0 Å². The van der Waals surface area contributed by atoms with Crippen LogP contribution in [0.15, 0.2) is 54.6 Å². The number of piperazine rings is 1. The summed E-state index contributed by atoms with van der Waals surface area (Å²) in [5, 5.41) is 14.4. The molecule has 2 heterocycles. The minimum absolute atomic E-state index is 0.0215. The van der Waals surface area contributed by atoms with Crippen molar-refractivity contribution in [3.8, 4) is 0 Å². The molecule has 2 aromatic carbocycles. The first kappa shape index (κ1) is 23.2. The lowest BCUT2D eigenvalue weighted by Gasteiger charge is -2.35. The normalized spacial score (nSPS) is 18.2. The first-order valence-electron chi connectivity index (χ1n) is 11.8. The van der Waals surface area contributed by atoms with Crippen LogP contribution in [0.25, 0.3) is 0 Å². The van der Waals surface area contributed by atoms with Gasteiger partial charge in [-0.2, -0.15) is 0 Å². The van der Waals surface area contributed by atoms with Crippen LogP contribution < -0.4 is 10.2 Å². The predicted molar refractivity (Wildman–Crippen MR) is 129 cm³/mol. The predicted octanol–water partition coefficient (Wildman–Crippen LogP) is 2.75. The van der Waals surface area contributed by atoms with E-state index in [0.717, 1.165) is 52.1 Å². The Bertz CT molecular complexity index is 923. The summed E-state index contributed by atoms with van der Waals surface area (Å²) in [5.41, 5.74) is 2.13.